The number of nitrogens with one attached hydrogen (secondary N) is 1. The molecule has 1 saturated heterocycles. The summed E-state index contributed by atoms with van der Waals surface area (Å²) in [6, 6.07) is 13.8. The smallest absolute Gasteiger partial charge is 0.253 e. The topological polar surface area (TPSA) is 86.7 Å². The van der Waals surface area contributed by atoms with Gasteiger partial charge in [0.2, 0.25) is 10.0 Å². The van der Waals surface area contributed by atoms with Gasteiger partial charge in [-0.2, -0.15) is 0 Å². The van der Waals surface area contributed by atoms with Gasteiger partial charge in [-0.1, -0.05) is 18.2 Å². The molecular weight excluding hydrogens is 352 g/mol. The van der Waals surface area contributed by atoms with Crippen LogP contribution in [0.1, 0.15) is 34.7 Å². The number of phenolic OH excluding ortho intramolecular Hbond substituents is 1. The number of hydrogen-bond acceptors (Lipinski definition) is 4. The minimum atomic E-state index is -3.38. The standard InChI is InChI=1S/C19H22N2O4S/c1-26(24,25)20-17-4-2-3-16(13-17)19(23)21-11-9-15(10-12-21)14-5-7-18(22)8-6-14/h2-8,13,15,20,22H,9-12H2,1H3. The number of nitrogens with zero attached hydrogens (tertiary/aromatic N) is 1. The Morgan fingerprint density at radius 1 is 1.12 bits per heavy atom. The molecule has 7 heteroatoms. The number of amides is 1. The van der Waals surface area contributed by atoms with Crippen molar-refractivity contribution in [3.05, 3.63) is 59.7 Å². The van der Waals surface area contributed by atoms with Gasteiger partial charge in [0.1, 0.15) is 5.75 Å². The highest BCUT2D eigenvalue weighted by atomic mass is 32.2. The van der Waals surface area contributed by atoms with Crippen molar-refractivity contribution in [3.8, 4) is 5.75 Å². The van der Waals surface area contributed by atoms with Crippen LogP contribution in [0.15, 0.2) is 48.5 Å². The first-order chi connectivity index (χ1) is 12.3. The first-order valence-corrected chi connectivity index (χ1v) is 10.4. The van der Waals surface area contributed by atoms with Gasteiger partial charge in [-0.3, -0.25) is 9.52 Å². The van der Waals surface area contributed by atoms with Crippen molar-refractivity contribution in [2.45, 2.75) is 18.8 Å². The van der Waals surface area contributed by atoms with Crippen molar-refractivity contribution in [2.24, 2.45) is 0 Å². The summed E-state index contributed by atoms with van der Waals surface area (Å²) in [7, 11) is -3.38. The summed E-state index contributed by atoms with van der Waals surface area (Å²) in [6.45, 7) is 1.29. The van der Waals surface area contributed by atoms with E-state index in [0.717, 1.165) is 19.1 Å². The minimum Gasteiger partial charge on any atom is -0.508 e. The van der Waals surface area contributed by atoms with E-state index >= 15 is 0 Å². The summed E-state index contributed by atoms with van der Waals surface area (Å²) in [6.07, 6.45) is 2.80. The Morgan fingerprint density at radius 3 is 2.38 bits per heavy atom. The molecule has 6 nitrogen and oxygen atoms in total. The van der Waals surface area contributed by atoms with Gasteiger partial charge in [-0.25, -0.2) is 8.42 Å². The Hall–Kier alpha value is -2.54. The molecule has 0 atom stereocenters. The molecule has 3 rings (SSSR count). The van der Waals surface area contributed by atoms with Crippen LogP contribution in [0.25, 0.3) is 0 Å². The van der Waals surface area contributed by atoms with Crippen molar-refractivity contribution in [1.82, 2.24) is 4.90 Å². The number of anilines is 1. The number of benzene rings is 2. The number of piperidine rings is 1. The van der Waals surface area contributed by atoms with E-state index in [1.807, 2.05) is 12.1 Å². The predicted molar refractivity (Wildman–Crippen MR) is 101 cm³/mol. The maximum atomic E-state index is 12.7. The van der Waals surface area contributed by atoms with Gasteiger partial charge in [0.15, 0.2) is 0 Å². The molecule has 0 radical (unpaired) electrons. The molecule has 0 aromatic heterocycles. The van der Waals surface area contributed by atoms with Crippen molar-refractivity contribution >= 4 is 21.6 Å². The largest absolute Gasteiger partial charge is 0.508 e. The van der Waals surface area contributed by atoms with Crippen LogP contribution in [0.4, 0.5) is 5.69 Å². The van der Waals surface area contributed by atoms with E-state index in [4.69, 9.17) is 0 Å². The van der Waals surface area contributed by atoms with Crippen molar-refractivity contribution in [2.75, 3.05) is 24.1 Å². The zero-order valence-corrected chi connectivity index (χ0v) is 15.4. The maximum absolute atomic E-state index is 12.7. The van der Waals surface area contributed by atoms with Crippen LogP contribution in [0.5, 0.6) is 5.75 Å². The number of carbonyl (C=O) groups is 1. The fourth-order valence-corrected chi connectivity index (χ4v) is 3.83. The van der Waals surface area contributed by atoms with Crippen molar-refractivity contribution in [3.63, 3.8) is 0 Å². The lowest BCUT2D eigenvalue weighted by Crippen LogP contribution is -2.37. The van der Waals surface area contributed by atoms with E-state index in [0.29, 0.717) is 30.3 Å². The highest BCUT2D eigenvalue weighted by molar-refractivity contribution is 7.92. The average Bonchev–Trinajstić information content (AvgIpc) is 2.61. The third kappa shape index (κ3) is 4.54. The van der Waals surface area contributed by atoms with Crippen LogP contribution in [0.2, 0.25) is 0 Å². The predicted octanol–water partition coefficient (Wildman–Crippen LogP) is 2.78. The van der Waals surface area contributed by atoms with E-state index in [1.165, 1.54) is 5.56 Å². The van der Waals surface area contributed by atoms with E-state index in [-0.39, 0.29) is 11.7 Å². The van der Waals surface area contributed by atoms with E-state index in [9.17, 15) is 18.3 Å². The normalized spacial score (nSPS) is 15.7. The first kappa shape index (κ1) is 18.3. The summed E-state index contributed by atoms with van der Waals surface area (Å²) < 4.78 is 25.1. The second kappa shape index (κ2) is 7.37. The number of likely N-dealkylation sites (tertiary alicyclic amines) is 1. The molecule has 1 fully saturated rings. The van der Waals surface area contributed by atoms with Gasteiger partial charge in [-0.05, 0) is 54.7 Å². The second-order valence-electron chi connectivity index (χ2n) is 6.61. The highest BCUT2D eigenvalue weighted by Crippen LogP contribution is 2.29. The van der Waals surface area contributed by atoms with Crippen LogP contribution < -0.4 is 4.72 Å². The monoisotopic (exact) mass is 374 g/mol. The van der Waals surface area contributed by atoms with Gasteiger partial charge < -0.3 is 10.0 Å². The molecule has 1 heterocycles. The van der Waals surface area contributed by atoms with Gasteiger partial charge in [-0.15, -0.1) is 0 Å². The van der Waals surface area contributed by atoms with E-state index in [1.54, 1.807) is 41.3 Å². The second-order valence-corrected chi connectivity index (χ2v) is 8.36. The number of aromatic hydroxyl groups is 1. The third-order valence-corrected chi connectivity index (χ3v) is 5.17. The van der Waals surface area contributed by atoms with Gasteiger partial charge >= 0.3 is 0 Å². The number of carbonyl (C=O) groups excluding carboxylic acids is 1. The Balaban J connectivity index is 1.65. The van der Waals surface area contributed by atoms with Gasteiger partial charge in [0, 0.05) is 24.3 Å². The number of sulfonamides is 1. The molecule has 0 aliphatic carbocycles. The molecule has 0 bridgehead atoms. The van der Waals surface area contributed by atoms with Crippen LogP contribution >= 0.6 is 0 Å². The summed E-state index contributed by atoms with van der Waals surface area (Å²) in [5.41, 5.74) is 2.04. The molecule has 2 aromatic rings. The summed E-state index contributed by atoms with van der Waals surface area (Å²) in [5.74, 6) is 0.535. The summed E-state index contributed by atoms with van der Waals surface area (Å²) in [5, 5.41) is 9.39. The molecule has 1 aliphatic rings. The maximum Gasteiger partial charge on any atom is 0.253 e. The lowest BCUT2D eigenvalue weighted by Gasteiger charge is -2.32. The molecule has 0 unspecified atom stereocenters. The van der Waals surface area contributed by atoms with Crippen LogP contribution in [0, 0.1) is 0 Å². The zero-order valence-electron chi connectivity index (χ0n) is 14.6. The molecule has 138 valence electrons. The lowest BCUT2D eigenvalue weighted by atomic mass is 9.89. The quantitative estimate of drug-likeness (QED) is 0.862. The molecule has 0 spiro atoms. The Morgan fingerprint density at radius 2 is 1.77 bits per heavy atom. The molecular formula is C19H22N2O4S. The highest BCUT2D eigenvalue weighted by Gasteiger charge is 2.24. The first-order valence-electron chi connectivity index (χ1n) is 8.48. The van der Waals surface area contributed by atoms with Crippen LogP contribution in [-0.2, 0) is 10.0 Å². The summed E-state index contributed by atoms with van der Waals surface area (Å²) in [4.78, 5) is 14.5. The number of phenols is 1. The summed E-state index contributed by atoms with van der Waals surface area (Å²) >= 11 is 0. The third-order valence-electron chi connectivity index (χ3n) is 4.56. The fourth-order valence-electron chi connectivity index (χ4n) is 3.27. The molecule has 2 aromatic carbocycles. The molecule has 1 amide bonds. The SMILES string of the molecule is CS(=O)(=O)Nc1cccc(C(=O)N2CCC(c3ccc(O)cc3)CC2)c1. The van der Waals surface area contributed by atoms with E-state index in [2.05, 4.69) is 4.72 Å². The van der Waals surface area contributed by atoms with Gasteiger partial charge in [0.05, 0.1) is 6.26 Å². The number of hydrogen-bond donors (Lipinski definition) is 2. The Labute approximate surface area is 153 Å². The Bertz CT molecular complexity index is 886. The van der Waals surface area contributed by atoms with E-state index < -0.39 is 10.0 Å². The van der Waals surface area contributed by atoms with Crippen molar-refractivity contribution < 1.29 is 18.3 Å². The van der Waals surface area contributed by atoms with Crippen molar-refractivity contribution in [1.29, 1.82) is 0 Å². The average molecular weight is 374 g/mol. The Kier molecular flexibility index (Phi) is 5.18. The van der Waals surface area contributed by atoms with Gasteiger partial charge in [0.25, 0.3) is 5.91 Å². The molecule has 0 saturated carbocycles. The molecule has 1 aliphatic heterocycles. The zero-order chi connectivity index (χ0) is 18.7. The fraction of sp³-hybridized carbons (Fsp3) is 0.316. The molecule has 2 N–H and O–H groups in total. The minimum absolute atomic E-state index is 0.0914. The van der Waals surface area contributed by atoms with Crippen LogP contribution in [0.3, 0.4) is 0 Å². The van der Waals surface area contributed by atoms with Crippen LogP contribution in [-0.4, -0.2) is 43.7 Å². The molecule has 26 heavy (non-hydrogen) atoms. The number of rotatable bonds is 4. The lowest BCUT2D eigenvalue weighted by molar-refractivity contribution is 0.0713.